The lowest BCUT2D eigenvalue weighted by molar-refractivity contribution is 0.102. The quantitative estimate of drug-likeness (QED) is 0.871. The number of nitrogens with zero attached hydrogens (tertiary/aromatic N) is 1. The topological polar surface area (TPSA) is 42.0 Å². The van der Waals surface area contributed by atoms with Crippen molar-refractivity contribution in [3.8, 4) is 0 Å². The minimum atomic E-state index is -0.331. The van der Waals surface area contributed by atoms with Crippen LogP contribution in [0.25, 0.3) is 0 Å². The second-order valence-electron chi connectivity index (χ2n) is 3.28. The van der Waals surface area contributed by atoms with E-state index in [1.165, 1.54) is 35.8 Å². The third-order valence-electron chi connectivity index (χ3n) is 1.96. The summed E-state index contributed by atoms with van der Waals surface area (Å²) in [6, 6.07) is 7.31. The first-order valence-corrected chi connectivity index (χ1v) is 5.43. The lowest BCUT2D eigenvalue weighted by Crippen LogP contribution is -2.11. The van der Waals surface area contributed by atoms with Crippen molar-refractivity contribution in [2.24, 2.45) is 0 Å². The number of hydrogen-bond acceptors (Lipinski definition) is 3. The molecular formula is C11H9FN2OS. The summed E-state index contributed by atoms with van der Waals surface area (Å²) in [6.45, 7) is 1.88. The van der Waals surface area contributed by atoms with E-state index in [1.807, 2.05) is 6.92 Å². The van der Waals surface area contributed by atoms with Gasteiger partial charge in [-0.2, -0.15) is 4.37 Å². The van der Waals surface area contributed by atoms with Crippen LogP contribution < -0.4 is 5.32 Å². The highest BCUT2D eigenvalue weighted by Gasteiger charge is 2.09. The zero-order valence-electron chi connectivity index (χ0n) is 8.53. The third-order valence-corrected chi connectivity index (χ3v) is 2.66. The molecule has 0 aliphatic carbocycles. The number of carbonyl (C=O) groups is 1. The number of halogens is 1. The van der Waals surface area contributed by atoms with Gasteiger partial charge in [0.05, 0.1) is 0 Å². The molecule has 0 spiro atoms. The molecule has 82 valence electrons. The van der Waals surface area contributed by atoms with Gasteiger partial charge in [0.1, 0.15) is 11.5 Å². The molecule has 16 heavy (non-hydrogen) atoms. The van der Waals surface area contributed by atoms with Crippen molar-refractivity contribution >= 4 is 23.1 Å². The van der Waals surface area contributed by atoms with Crippen LogP contribution in [0.1, 0.15) is 15.4 Å². The molecule has 0 aliphatic heterocycles. The maximum Gasteiger partial charge on any atom is 0.275 e. The van der Waals surface area contributed by atoms with Gasteiger partial charge in [-0.25, -0.2) is 4.39 Å². The van der Waals surface area contributed by atoms with Crippen molar-refractivity contribution in [3.63, 3.8) is 0 Å². The predicted octanol–water partition coefficient (Wildman–Crippen LogP) is 2.84. The van der Waals surface area contributed by atoms with E-state index in [4.69, 9.17) is 0 Å². The van der Waals surface area contributed by atoms with E-state index in [9.17, 15) is 9.18 Å². The largest absolute Gasteiger partial charge is 0.321 e. The summed E-state index contributed by atoms with van der Waals surface area (Å²) in [6.07, 6.45) is 0. The first-order chi connectivity index (χ1) is 7.65. The van der Waals surface area contributed by atoms with Crippen molar-refractivity contribution in [1.29, 1.82) is 0 Å². The summed E-state index contributed by atoms with van der Waals surface area (Å²) in [5.74, 6) is -0.613. The van der Waals surface area contributed by atoms with Gasteiger partial charge in [-0.05, 0) is 48.8 Å². The predicted molar refractivity (Wildman–Crippen MR) is 61.2 cm³/mol. The number of carbonyl (C=O) groups excluding carboxylic acids is 1. The highest BCUT2D eigenvalue weighted by molar-refractivity contribution is 7.05. The Morgan fingerprint density at radius 3 is 2.62 bits per heavy atom. The molecule has 1 aromatic heterocycles. The fourth-order valence-electron chi connectivity index (χ4n) is 1.20. The maximum atomic E-state index is 12.6. The van der Waals surface area contributed by atoms with E-state index in [2.05, 4.69) is 9.69 Å². The Hall–Kier alpha value is -1.75. The van der Waals surface area contributed by atoms with Crippen LogP contribution >= 0.6 is 11.5 Å². The number of aryl methyl sites for hydroxylation is 1. The lowest BCUT2D eigenvalue weighted by atomic mass is 10.3. The summed E-state index contributed by atoms with van der Waals surface area (Å²) in [4.78, 5) is 12.6. The van der Waals surface area contributed by atoms with Gasteiger partial charge in [-0.1, -0.05) is 0 Å². The molecular weight excluding hydrogens is 227 g/mol. The zero-order valence-corrected chi connectivity index (χ0v) is 9.34. The van der Waals surface area contributed by atoms with Crippen molar-refractivity contribution < 1.29 is 9.18 Å². The molecule has 0 atom stereocenters. The number of nitrogens with one attached hydrogen (secondary N) is 1. The van der Waals surface area contributed by atoms with Crippen LogP contribution in [0.2, 0.25) is 0 Å². The molecule has 0 aliphatic rings. The zero-order chi connectivity index (χ0) is 11.5. The Morgan fingerprint density at radius 1 is 1.38 bits per heavy atom. The summed E-state index contributed by atoms with van der Waals surface area (Å²) in [5, 5.41) is 2.64. The molecule has 0 radical (unpaired) electrons. The van der Waals surface area contributed by atoms with Gasteiger partial charge in [-0.15, -0.1) is 0 Å². The number of hydrogen-bond donors (Lipinski definition) is 1. The van der Waals surface area contributed by atoms with Crippen LogP contribution in [-0.2, 0) is 0 Å². The Bertz CT molecular complexity index is 507. The molecule has 0 fully saturated rings. The smallest absolute Gasteiger partial charge is 0.275 e. The van der Waals surface area contributed by atoms with Gasteiger partial charge in [0, 0.05) is 10.6 Å². The van der Waals surface area contributed by atoms with E-state index < -0.39 is 0 Å². The molecule has 2 aromatic rings. The van der Waals surface area contributed by atoms with Gasteiger partial charge < -0.3 is 5.32 Å². The van der Waals surface area contributed by atoms with Crippen LogP contribution in [-0.4, -0.2) is 10.3 Å². The van der Waals surface area contributed by atoms with Gasteiger partial charge in [0.2, 0.25) is 0 Å². The molecule has 0 bridgehead atoms. The fourth-order valence-corrected chi connectivity index (χ4v) is 1.74. The summed E-state index contributed by atoms with van der Waals surface area (Å²) in [7, 11) is 0. The lowest BCUT2D eigenvalue weighted by Gasteiger charge is -2.01. The van der Waals surface area contributed by atoms with Gasteiger partial charge >= 0.3 is 0 Å². The first-order valence-electron chi connectivity index (χ1n) is 4.65. The van der Waals surface area contributed by atoms with Crippen LogP contribution in [0.3, 0.4) is 0 Å². The molecule has 0 unspecified atom stereocenters. The third kappa shape index (κ3) is 2.43. The van der Waals surface area contributed by atoms with Crippen LogP contribution in [0.15, 0.2) is 30.3 Å². The molecule has 1 aromatic carbocycles. The molecule has 0 saturated carbocycles. The van der Waals surface area contributed by atoms with Crippen LogP contribution in [0.5, 0.6) is 0 Å². The van der Waals surface area contributed by atoms with Gasteiger partial charge in [0.15, 0.2) is 0 Å². The van der Waals surface area contributed by atoms with Crippen LogP contribution in [0, 0.1) is 12.7 Å². The number of rotatable bonds is 2. The normalized spacial score (nSPS) is 10.1. The van der Waals surface area contributed by atoms with E-state index >= 15 is 0 Å². The van der Waals surface area contributed by atoms with Gasteiger partial charge in [-0.3, -0.25) is 4.79 Å². The Balaban J connectivity index is 2.10. The standard InChI is InChI=1S/C11H9FN2OS/c1-7-6-10(14-16-7)11(15)13-9-4-2-8(12)3-5-9/h2-6H,1H3,(H,13,15). The molecule has 3 nitrogen and oxygen atoms in total. The first kappa shape index (κ1) is 10.8. The van der Waals surface area contributed by atoms with Crippen molar-refractivity contribution in [2.45, 2.75) is 6.92 Å². The maximum absolute atomic E-state index is 12.6. The van der Waals surface area contributed by atoms with Crippen LogP contribution in [0.4, 0.5) is 10.1 Å². The molecule has 5 heteroatoms. The SMILES string of the molecule is Cc1cc(C(=O)Nc2ccc(F)cc2)ns1. The minimum Gasteiger partial charge on any atom is -0.321 e. The summed E-state index contributed by atoms with van der Waals surface area (Å²) in [5.41, 5.74) is 0.934. The number of amides is 1. The monoisotopic (exact) mass is 236 g/mol. The van der Waals surface area contributed by atoms with Crippen molar-refractivity contribution in [1.82, 2.24) is 4.37 Å². The fraction of sp³-hybridized carbons (Fsp3) is 0.0909. The molecule has 0 saturated heterocycles. The molecule has 2 rings (SSSR count). The van der Waals surface area contributed by atoms with Crippen molar-refractivity contribution in [3.05, 3.63) is 46.7 Å². The van der Waals surface area contributed by atoms with E-state index in [0.717, 1.165) is 4.88 Å². The molecule has 1 N–H and O–H groups in total. The van der Waals surface area contributed by atoms with E-state index in [-0.39, 0.29) is 11.7 Å². The average molecular weight is 236 g/mol. The minimum absolute atomic E-state index is 0.282. The number of anilines is 1. The van der Waals surface area contributed by atoms with Gasteiger partial charge in [0.25, 0.3) is 5.91 Å². The van der Waals surface area contributed by atoms with Crippen molar-refractivity contribution in [2.75, 3.05) is 5.32 Å². The van der Waals surface area contributed by atoms with E-state index in [0.29, 0.717) is 11.4 Å². The van der Waals surface area contributed by atoms with E-state index in [1.54, 1.807) is 6.07 Å². The second-order valence-corrected chi connectivity index (χ2v) is 4.29. The Labute approximate surface area is 96.1 Å². The highest BCUT2D eigenvalue weighted by Crippen LogP contribution is 2.12. The Morgan fingerprint density at radius 2 is 2.06 bits per heavy atom. The Kier molecular flexibility index (Phi) is 2.96. The molecule has 1 heterocycles. The molecule has 1 amide bonds. The average Bonchev–Trinajstić information content (AvgIpc) is 2.68. The number of aromatic nitrogens is 1. The summed E-state index contributed by atoms with van der Waals surface area (Å²) >= 11 is 1.27. The number of benzene rings is 1. The second kappa shape index (κ2) is 4.40. The highest BCUT2D eigenvalue weighted by atomic mass is 32.1. The summed E-state index contributed by atoms with van der Waals surface area (Å²) < 4.78 is 16.6.